The SMILES string of the molecule is CCc1nn(CC)c(CC(C)(O)c2ccoc2)c1Cl. The van der Waals surface area contributed by atoms with Crippen molar-refractivity contribution in [2.45, 2.75) is 45.8 Å². The molecule has 0 amide bonds. The zero-order valence-electron chi connectivity index (χ0n) is 11.5. The molecule has 0 saturated carbocycles. The van der Waals surface area contributed by atoms with E-state index >= 15 is 0 Å². The van der Waals surface area contributed by atoms with Gasteiger partial charge in [-0.2, -0.15) is 5.10 Å². The van der Waals surface area contributed by atoms with E-state index in [0.29, 0.717) is 11.4 Å². The first-order chi connectivity index (χ1) is 8.99. The average molecular weight is 283 g/mol. The Kier molecular flexibility index (Phi) is 4.02. The Morgan fingerprint density at radius 2 is 2.21 bits per heavy atom. The molecule has 104 valence electrons. The smallest absolute Gasteiger partial charge is 0.0963 e. The quantitative estimate of drug-likeness (QED) is 0.916. The summed E-state index contributed by atoms with van der Waals surface area (Å²) >= 11 is 6.36. The first-order valence-corrected chi connectivity index (χ1v) is 6.86. The second-order valence-electron chi connectivity index (χ2n) is 4.84. The molecule has 0 spiro atoms. The van der Waals surface area contributed by atoms with E-state index in [2.05, 4.69) is 5.10 Å². The molecular formula is C14H19ClN2O2. The van der Waals surface area contributed by atoms with Gasteiger partial charge in [0.15, 0.2) is 0 Å². The van der Waals surface area contributed by atoms with Crippen LogP contribution in [0.2, 0.25) is 5.02 Å². The maximum Gasteiger partial charge on any atom is 0.0963 e. The van der Waals surface area contributed by atoms with Gasteiger partial charge in [0.2, 0.25) is 0 Å². The van der Waals surface area contributed by atoms with Gasteiger partial charge in [0.1, 0.15) is 0 Å². The molecule has 0 fully saturated rings. The van der Waals surface area contributed by atoms with Crippen molar-refractivity contribution in [2.75, 3.05) is 0 Å². The number of rotatable bonds is 5. The number of aromatic nitrogens is 2. The Morgan fingerprint density at radius 3 is 2.74 bits per heavy atom. The molecule has 0 aromatic carbocycles. The van der Waals surface area contributed by atoms with E-state index in [0.717, 1.165) is 29.9 Å². The van der Waals surface area contributed by atoms with Gasteiger partial charge in [-0.05, 0) is 26.3 Å². The fourth-order valence-electron chi connectivity index (χ4n) is 2.19. The molecule has 19 heavy (non-hydrogen) atoms. The summed E-state index contributed by atoms with van der Waals surface area (Å²) in [4.78, 5) is 0. The van der Waals surface area contributed by atoms with Crippen molar-refractivity contribution in [1.82, 2.24) is 9.78 Å². The highest BCUT2D eigenvalue weighted by atomic mass is 35.5. The van der Waals surface area contributed by atoms with E-state index in [-0.39, 0.29) is 0 Å². The summed E-state index contributed by atoms with van der Waals surface area (Å²) in [6.45, 7) is 6.52. The molecule has 0 aliphatic carbocycles. The van der Waals surface area contributed by atoms with Crippen LogP contribution < -0.4 is 0 Å². The largest absolute Gasteiger partial charge is 0.472 e. The van der Waals surface area contributed by atoms with Crippen molar-refractivity contribution in [1.29, 1.82) is 0 Å². The molecule has 2 heterocycles. The molecule has 0 bridgehead atoms. The van der Waals surface area contributed by atoms with E-state index in [1.54, 1.807) is 25.5 Å². The first-order valence-electron chi connectivity index (χ1n) is 6.48. The normalized spacial score (nSPS) is 14.6. The minimum absolute atomic E-state index is 0.409. The molecule has 2 rings (SSSR count). The molecule has 2 aromatic rings. The number of aryl methyl sites for hydroxylation is 2. The van der Waals surface area contributed by atoms with Crippen LogP contribution in [0.15, 0.2) is 23.0 Å². The number of aliphatic hydroxyl groups is 1. The Labute approximate surface area is 118 Å². The third kappa shape index (κ3) is 2.69. The molecule has 0 aliphatic rings. The van der Waals surface area contributed by atoms with Crippen LogP contribution in [0.3, 0.4) is 0 Å². The molecular weight excluding hydrogens is 264 g/mol. The van der Waals surface area contributed by atoms with Gasteiger partial charge in [0.25, 0.3) is 0 Å². The lowest BCUT2D eigenvalue weighted by atomic mass is 9.93. The lowest BCUT2D eigenvalue weighted by Gasteiger charge is -2.22. The predicted octanol–water partition coefficient (Wildman–Crippen LogP) is 3.16. The van der Waals surface area contributed by atoms with Crippen LogP contribution in [-0.2, 0) is 25.0 Å². The van der Waals surface area contributed by atoms with E-state index in [1.165, 1.54) is 0 Å². The van der Waals surface area contributed by atoms with Crippen LogP contribution in [0.4, 0.5) is 0 Å². The Morgan fingerprint density at radius 1 is 1.47 bits per heavy atom. The molecule has 0 radical (unpaired) electrons. The van der Waals surface area contributed by atoms with Crippen molar-refractivity contribution in [2.24, 2.45) is 0 Å². The van der Waals surface area contributed by atoms with Crippen molar-refractivity contribution in [3.05, 3.63) is 40.6 Å². The monoisotopic (exact) mass is 282 g/mol. The highest BCUT2D eigenvalue weighted by Crippen LogP contribution is 2.30. The van der Waals surface area contributed by atoms with Gasteiger partial charge in [-0.15, -0.1) is 0 Å². The number of halogens is 1. The van der Waals surface area contributed by atoms with Crippen molar-refractivity contribution in [3.63, 3.8) is 0 Å². The molecule has 4 nitrogen and oxygen atoms in total. The molecule has 5 heteroatoms. The fraction of sp³-hybridized carbons (Fsp3) is 0.500. The standard InChI is InChI=1S/C14H19ClN2O2/c1-4-11-13(15)12(17(5-2)16-11)8-14(3,18)10-6-7-19-9-10/h6-7,9,18H,4-5,8H2,1-3H3. The minimum Gasteiger partial charge on any atom is -0.472 e. The lowest BCUT2D eigenvalue weighted by molar-refractivity contribution is 0.0548. The summed E-state index contributed by atoms with van der Waals surface area (Å²) in [6, 6.07) is 1.77. The van der Waals surface area contributed by atoms with Gasteiger partial charge >= 0.3 is 0 Å². The van der Waals surface area contributed by atoms with Crippen LogP contribution in [0.5, 0.6) is 0 Å². The van der Waals surface area contributed by atoms with Crippen LogP contribution >= 0.6 is 11.6 Å². The Balaban J connectivity index is 2.35. The van der Waals surface area contributed by atoms with Crippen molar-refractivity contribution >= 4 is 11.6 Å². The van der Waals surface area contributed by atoms with Crippen LogP contribution in [0.25, 0.3) is 0 Å². The fourth-order valence-corrected chi connectivity index (χ4v) is 2.52. The van der Waals surface area contributed by atoms with Gasteiger partial charge < -0.3 is 9.52 Å². The van der Waals surface area contributed by atoms with E-state index in [1.807, 2.05) is 18.5 Å². The third-order valence-electron chi connectivity index (χ3n) is 3.35. The van der Waals surface area contributed by atoms with E-state index < -0.39 is 5.60 Å². The van der Waals surface area contributed by atoms with E-state index in [9.17, 15) is 5.11 Å². The Hall–Kier alpha value is -1.26. The van der Waals surface area contributed by atoms with Gasteiger partial charge in [-0.25, -0.2) is 0 Å². The number of nitrogens with zero attached hydrogens (tertiary/aromatic N) is 2. The lowest BCUT2D eigenvalue weighted by Crippen LogP contribution is -2.25. The van der Waals surface area contributed by atoms with Crippen LogP contribution in [-0.4, -0.2) is 14.9 Å². The summed E-state index contributed by atoms with van der Waals surface area (Å²) in [7, 11) is 0. The average Bonchev–Trinajstić information content (AvgIpc) is 2.99. The zero-order chi connectivity index (χ0) is 14.0. The molecule has 1 N–H and O–H groups in total. The summed E-state index contributed by atoms with van der Waals surface area (Å²) in [5, 5.41) is 15.7. The Bertz CT molecular complexity index is 544. The summed E-state index contributed by atoms with van der Waals surface area (Å²) in [5.74, 6) is 0. The maximum atomic E-state index is 10.6. The molecule has 0 aliphatic heterocycles. The number of hydrogen-bond donors (Lipinski definition) is 1. The zero-order valence-corrected chi connectivity index (χ0v) is 12.2. The summed E-state index contributed by atoms with van der Waals surface area (Å²) in [5.41, 5.74) is 1.47. The van der Waals surface area contributed by atoms with Crippen molar-refractivity contribution in [3.8, 4) is 0 Å². The highest BCUT2D eigenvalue weighted by molar-refractivity contribution is 6.31. The third-order valence-corrected chi connectivity index (χ3v) is 3.79. The predicted molar refractivity (Wildman–Crippen MR) is 74.3 cm³/mol. The molecule has 0 saturated heterocycles. The molecule has 1 atom stereocenters. The van der Waals surface area contributed by atoms with Gasteiger partial charge in [0, 0.05) is 18.5 Å². The van der Waals surface area contributed by atoms with E-state index in [4.69, 9.17) is 16.0 Å². The summed E-state index contributed by atoms with van der Waals surface area (Å²) < 4.78 is 6.89. The van der Waals surface area contributed by atoms with Gasteiger partial charge in [-0.3, -0.25) is 4.68 Å². The summed E-state index contributed by atoms with van der Waals surface area (Å²) in [6.07, 6.45) is 4.31. The van der Waals surface area contributed by atoms with Crippen molar-refractivity contribution < 1.29 is 9.52 Å². The molecule has 2 aromatic heterocycles. The number of furan rings is 1. The first kappa shape index (κ1) is 14.2. The topological polar surface area (TPSA) is 51.2 Å². The maximum absolute atomic E-state index is 10.6. The van der Waals surface area contributed by atoms with Crippen LogP contribution in [0.1, 0.15) is 37.7 Å². The molecule has 1 unspecified atom stereocenters. The highest BCUT2D eigenvalue weighted by Gasteiger charge is 2.28. The van der Waals surface area contributed by atoms with Crippen LogP contribution in [0, 0.1) is 0 Å². The second kappa shape index (κ2) is 5.39. The second-order valence-corrected chi connectivity index (χ2v) is 5.22. The number of hydrogen-bond acceptors (Lipinski definition) is 3. The van der Waals surface area contributed by atoms with Gasteiger partial charge in [0.05, 0.1) is 34.5 Å². The van der Waals surface area contributed by atoms with Gasteiger partial charge in [-0.1, -0.05) is 18.5 Å². The minimum atomic E-state index is -1.02.